The second kappa shape index (κ2) is 13.3. The highest BCUT2D eigenvalue weighted by atomic mass is 16.3. The lowest BCUT2D eigenvalue weighted by Crippen LogP contribution is -2.18. The molecule has 2 heteroatoms. The number of phenolic OH excluding ortho intramolecular Hbond substituents is 2. The minimum Gasteiger partial charge on any atom is -0.507 e. The Balaban J connectivity index is 1.79. The minimum atomic E-state index is -0.0634. The summed E-state index contributed by atoms with van der Waals surface area (Å²) in [5.74, 6) is 0.969. The summed E-state index contributed by atoms with van der Waals surface area (Å²) in [6.45, 7) is 26.3. The van der Waals surface area contributed by atoms with E-state index in [4.69, 9.17) is 0 Å². The van der Waals surface area contributed by atoms with Gasteiger partial charge in [-0.15, -0.1) is 0 Å². The van der Waals surface area contributed by atoms with E-state index in [-0.39, 0.29) is 21.7 Å². The molecular formula is C38H62O2. The third kappa shape index (κ3) is 9.85. The summed E-state index contributed by atoms with van der Waals surface area (Å²) in [6.07, 6.45) is 12.4. The van der Waals surface area contributed by atoms with Crippen LogP contribution in [0.5, 0.6) is 11.5 Å². The van der Waals surface area contributed by atoms with E-state index in [1.165, 1.54) is 62.5 Å². The summed E-state index contributed by atoms with van der Waals surface area (Å²) in [5.41, 5.74) is 6.78. The first-order chi connectivity index (χ1) is 18.2. The van der Waals surface area contributed by atoms with Crippen molar-refractivity contribution in [1.82, 2.24) is 0 Å². The van der Waals surface area contributed by atoms with Crippen molar-refractivity contribution < 1.29 is 10.2 Å². The first-order valence-corrected chi connectivity index (χ1v) is 16.0. The highest BCUT2D eigenvalue weighted by Gasteiger charge is 2.27. The number of rotatable bonds is 11. The Kier molecular flexibility index (Phi) is 11.4. The van der Waals surface area contributed by atoms with Crippen molar-refractivity contribution in [1.29, 1.82) is 0 Å². The Hall–Kier alpha value is -1.96. The molecule has 2 aromatic carbocycles. The molecule has 2 N–H and O–H groups in total. The molecule has 2 nitrogen and oxygen atoms in total. The summed E-state index contributed by atoms with van der Waals surface area (Å²) in [6, 6.07) is 8.97. The zero-order valence-electron chi connectivity index (χ0n) is 28.3. The van der Waals surface area contributed by atoms with E-state index >= 15 is 0 Å². The van der Waals surface area contributed by atoms with E-state index < -0.39 is 0 Å². The summed E-state index contributed by atoms with van der Waals surface area (Å²) in [4.78, 5) is 0. The molecule has 2 aromatic rings. The van der Waals surface area contributed by atoms with Crippen LogP contribution in [-0.4, -0.2) is 10.2 Å². The summed E-state index contributed by atoms with van der Waals surface area (Å²) >= 11 is 0. The topological polar surface area (TPSA) is 40.5 Å². The lowest BCUT2D eigenvalue weighted by molar-refractivity contribution is 0.421. The van der Waals surface area contributed by atoms with E-state index in [1.807, 2.05) is 0 Å². The standard InChI is InChI=1S/C38H62O2/c1-35(2,3)29-23-27(24-30(33(29)39)36(4,5)6)21-19-17-15-13-14-16-18-20-22-28-25-31(37(7,8)9)34(40)32(26-28)38(10,11)12/h23-26,39-40H,13-22H2,1-12H3. The van der Waals surface area contributed by atoms with Gasteiger partial charge in [-0.3, -0.25) is 0 Å². The zero-order valence-corrected chi connectivity index (χ0v) is 28.3. The van der Waals surface area contributed by atoms with Crippen LogP contribution in [0.3, 0.4) is 0 Å². The van der Waals surface area contributed by atoms with Gasteiger partial charge in [0.25, 0.3) is 0 Å². The third-order valence-corrected chi connectivity index (χ3v) is 8.25. The van der Waals surface area contributed by atoms with Gasteiger partial charge < -0.3 is 10.2 Å². The molecule has 0 atom stereocenters. The number of hydrogen-bond donors (Lipinski definition) is 2. The molecule has 226 valence electrons. The zero-order chi connectivity index (χ0) is 30.5. The summed E-state index contributed by atoms with van der Waals surface area (Å²) in [7, 11) is 0. The minimum absolute atomic E-state index is 0.0634. The Labute approximate surface area is 248 Å². The Morgan fingerprint density at radius 1 is 0.375 bits per heavy atom. The Morgan fingerprint density at radius 2 is 0.575 bits per heavy atom. The van der Waals surface area contributed by atoms with Gasteiger partial charge in [-0.2, -0.15) is 0 Å². The van der Waals surface area contributed by atoms with Crippen LogP contribution in [0.15, 0.2) is 24.3 Å². The van der Waals surface area contributed by atoms with Crippen molar-refractivity contribution in [2.45, 2.75) is 169 Å². The fourth-order valence-electron chi connectivity index (χ4n) is 5.68. The first kappa shape index (κ1) is 34.2. The normalized spacial score (nSPS) is 13.2. The maximum Gasteiger partial charge on any atom is 0.123 e. The SMILES string of the molecule is CC(C)(C)c1cc(CCCCCCCCCCc2cc(C(C)(C)C)c(O)c(C(C)(C)C)c2)cc(C(C)(C)C)c1O. The van der Waals surface area contributed by atoms with Crippen LogP contribution in [0, 0.1) is 0 Å². The number of hydrogen-bond acceptors (Lipinski definition) is 2. The number of aromatic hydroxyl groups is 2. The lowest BCUT2D eigenvalue weighted by Gasteiger charge is -2.28. The van der Waals surface area contributed by atoms with E-state index in [1.54, 1.807) is 0 Å². The molecule has 0 aliphatic heterocycles. The van der Waals surface area contributed by atoms with Gasteiger partial charge in [-0.1, -0.05) is 146 Å². The van der Waals surface area contributed by atoms with E-state index in [9.17, 15) is 10.2 Å². The molecule has 0 amide bonds. The van der Waals surface area contributed by atoms with Crippen LogP contribution in [-0.2, 0) is 34.5 Å². The summed E-state index contributed by atoms with van der Waals surface area (Å²) in [5, 5.41) is 21.9. The molecule has 0 radical (unpaired) electrons. The molecule has 0 spiro atoms. The molecule has 0 aliphatic rings. The van der Waals surface area contributed by atoms with Crippen molar-refractivity contribution in [3.63, 3.8) is 0 Å². The van der Waals surface area contributed by atoms with Crippen molar-refractivity contribution in [2.75, 3.05) is 0 Å². The molecule has 0 aromatic heterocycles. The maximum atomic E-state index is 11.0. The highest BCUT2D eigenvalue weighted by molar-refractivity contribution is 5.51. The molecule has 0 saturated heterocycles. The molecule has 0 saturated carbocycles. The van der Waals surface area contributed by atoms with Crippen LogP contribution >= 0.6 is 0 Å². The Bertz CT molecular complexity index is 935. The predicted octanol–water partition coefficient (Wildman–Crippen LogP) is 11.2. The van der Waals surface area contributed by atoms with E-state index in [2.05, 4.69) is 107 Å². The van der Waals surface area contributed by atoms with Gasteiger partial charge in [0.05, 0.1) is 0 Å². The molecule has 2 rings (SSSR count). The quantitative estimate of drug-likeness (QED) is 0.273. The molecule has 0 fully saturated rings. The van der Waals surface area contributed by atoms with Crippen LogP contribution in [0.2, 0.25) is 0 Å². The number of benzene rings is 2. The van der Waals surface area contributed by atoms with Gasteiger partial charge in [0.1, 0.15) is 11.5 Å². The average molecular weight is 551 g/mol. The molecule has 0 heterocycles. The van der Waals surface area contributed by atoms with Gasteiger partial charge >= 0.3 is 0 Å². The van der Waals surface area contributed by atoms with Crippen LogP contribution in [0.1, 0.15) is 168 Å². The van der Waals surface area contributed by atoms with Gasteiger partial charge in [0.2, 0.25) is 0 Å². The summed E-state index contributed by atoms with van der Waals surface area (Å²) < 4.78 is 0. The van der Waals surface area contributed by atoms with Gasteiger partial charge in [-0.25, -0.2) is 0 Å². The van der Waals surface area contributed by atoms with E-state index in [0.717, 1.165) is 35.1 Å². The second-order valence-electron chi connectivity index (χ2n) is 16.4. The number of phenols is 2. The third-order valence-electron chi connectivity index (χ3n) is 8.25. The first-order valence-electron chi connectivity index (χ1n) is 16.0. The van der Waals surface area contributed by atoms with Crippen LogP contribution < -0.4 is 0 Å². The largest absolute Gasteiger partial charge is 0.507 e. The molecule has 40 heavy (non-hydrogen) atoms. The molecule has 0 bridgehead atoms. The van der Waals surface area contributed by atoms with Crippen molar-refractivity contribution in [2.24, 2.45) is 0 Å². The van der Waals surface area contributed by atoms with Gasteiger partial charge in [0, 0.05) is 0 Å². The number of unbranched alkanes of at least 4 members (excludes halogenated alkanes) is 7. The van der Waals surface area contributed by atoms with E-state index in [0.29, 0.717) is 11.5 Å². The van der Waals surface area contributed by atoms with Gasteiger partial charge in [-0.05, 0) is 80.7 Å². The van der Waals surface area contributed by atoms with Crippen LogP contribution in [0.4, 0.5) is 0 Å². The second-order valence-corrected chi connectivity index (χ2v) is 16.4. The van der Waals surface area contributed by atoms with Crippen LogP contribution in [0.25, 0.3) is 0 Å². The van der Waals surface area contributed by atoms with Crippen molar-refractivity contribution >= 4 is 0 Å². The fourth-order valence-corrected chi connectivity index (χ4v) is 5.68. The highest BCUT2D eigenvalue weighted by Crippen LogP contribution is 2.41. The van der Waals surface area contributed by atoms with Gasteiger partial charge in [0.15, 0.2) is 0 Å². The average Bonchev–Trinajstić information content (AvgIpc) is 2.78. The monoisotopic (exact) mass is 550 g/mol. The maximum absolute atomic E-state index is 11.0. The van der Waals surface area contributed by atoms with Crippen molar-refractivity contribution in [3.05, 3.63) is 57.6 Å². The smallest absolute Gasteiger partial charge is 0.123 e. The number of aryl methyl sites for hydroxylation is 2. The van der Waals surface area contributed by atoms with Crippen molar-refractivity contribution in [3.8, 4) is 11.5 Å². The molecule has 0 aliphatic carbocycles. The Morgan fingerprint density at radius 3 is 0.775 bits per heavy atom. The lowest BCUT2D eigenvalue weighted by atomic mass is 9.78. The predicted molar refractivity (Wildman–Crippen MR) is 175 cm³/mol. The molecule has 0 unspecified atom stereocenters. The molecular weight excluding hydrogens is 488 g/mol. The fraction of sp³-hybridized carbons (Fsp3) is 0.684.